The zero-order valence-electron chi connectivity index (χ0n) is 11.1. The molecular weight excluding hydrogens is 248 g/mol. The molecule has 3 nitrogen and oxygen atoms in total. The topological polar surface area (TPSA) is 48.1 Å². The molecule has 3 aromatic rings. The summed E-state index contributed by atoms with van der Waals surface area (Å²) in [6.07, 6.45) is 2.62. The average molecular weight is 264 g/mol. The van der Waals surface area contributed by atoms with E-state index in [4.69, 9.17) is 10.5 Å². The van der Waals surface area contributed by atoms with Crippen LogP contribution in [0.25, 0.3) is 10.9 Å². The van der Waals surface area contributed by atoms with E-state index in [2.05, 4.69) is 17.1 Å². The lowest BCUT2D eigenvalue weighted by Crippen LogP contribution is -2.02. The molecule has 2 N–H and O–H groups in total. The van der Waals surface area contributed by atoms with E-state index in [0.29, 0.717) is 12.3 Å². The van der Waals surface area contributed by atoms with Gasteiger partial charge < -0.3 is 10.5 Å². The molecular formula is C17H16N2O. The van der Waals surface area contributed by atoms with Crippen molar-refractivity contribution in [3.8, 4) is 5.75 Å². The SMILES string of the molecule is Nc1ccc(OCCc2ccccc2)c2cccnc12. The van der Waals surface area contributed by atoms with Crippen molar-refractivity contribution < 1.29 is 4.74 Å². The second kappa shape index (κ2) is 5.61. The van der Waals surface area contributed by atoms with Crippen LogP contribution in [0.4, 0.5) is 5.69 Å². The van der Waals surface area contributed by atoms with Crippen molar-refractivity contribution in [2.75, 3.05) is 12.3 Å². The van der Waals surface area contributed by atoms with Gasteiger partial charge in [-0.25, -0.2) is 0 Å². The number of nitrogens with two attached hydrogens (primary N) is 1. The quantitative estimate of drug-likeness (QED) is 0.734. The van der Waals surface area contributed by atoms with E-state index < -0.39 is 0 Å². The van der Waals surface area contributed by atoms with Crippen molar-refractivity contribution in [2.24, 2.45) is 0 Å². The fraction of sp³-hybridized carbons (Fsp3) is 0.118. The van der Waals surface area contributed by atoms with E-state index in [1.807, 2.05) is 42.5 Å². The van der Waals surface area contributed by atoms with Crippen molar-refractivity contribution in [1.29, 1.82) is 0 Å². The predicted octanol–water partition coefficient (Wildman–Crippen LogP) is 3.44. The fourth-order valence-electron chi connectivity index (χ4n) is 2.22. The number of pyridine rings is 1. The predicted molar refractivity (Wildman–Crippen MR) is 81.8 cm³/mol. The summed E-state index contributed by atoms with van der Waals surface area (Å²) in [4.78, 5) is 4.30. The molecule has 3 rings (SSSR count). The highest BCUT2D eigenvalue weighted by Crippen LogP contribution is 2.28. The van der Waals surface area contributed by atoms with E-state index in [9.17, 15) is 0 Å². The summed E-state index contributed by atoms with van der Waals surface area (Å²) in [5, 5.41) is 0.959. The molecule has 1 aromatic heterocycles. The van der Waals surface area contributed by atoms with Gasteiger partial charge in [0.25, 0.3) is 0 Å². The molecule has 0 aliphatic carbocycles. The van der Waals surface area contributed by atoms with Crippen LogP contribution in [0, 0.1) is 0 Å². The minimum Gasteiger partial charge on any atom is -0.493 e. The molecule has 0 aliphatic heterocycles. The molecule has 1 heterocycles. The summed E-state index contributed by atoms with van der Waals surface area (Å²) >= 11 is 0. The van der Waals surface area contributed by atoms with Crippen molar-refractivity contribution >= 4 is 16.6 Å². The lowest BCUT2D eigenvalue weighted by Gasteiger charge is -2.10. The van der Waals surface area contributed by atoms with Gasteiger partial charge in [-0.05, 0) is 29.8 Å². The average Bonchev–Trinajstić information content (AvgIpc) is 2.51. The van der Waals surface area contributed by atoms with Gasteiger partial charge in [0.2, 0.25) is 0 Å². The largest absolute Gasteiger partial charge is 0.493 e. The summed E-state index contributed by atoms with van der Waals surface area (Å²) in [6, 6.07) is 17.9. The van der Waals surface area contributed by atoms with Crippen molar-refractivity contribution in [3.63, 3.8) is 0 Å². The first-order chi connectivity index (χ1) is 9.84. The third kappa shape index (κ3) is 2.57. The Morgan fingerprint density at radius 3 is 2.65 bits per heavy atom. The Balaban J connectivity index is 1.77. The van der Waals surface area contributed by atoms with Gasteiger partial charge in [-0.15, -0.1) is 0 Å². The number of hydrogen-bond acceptors (Lipinski definition) is 3. The molecule has 2 aromatic carbocycles. The van der Waals surface area contributed by atoms with Crippen LogP contribution in [0.3, 0.4) is 0 Å². The van der Waals surface area contributed by atoms with E-state index >= 15 is 0 Å². The third-order valence-corrected chi connectivity index (χ3v) is 3.25. The van der Waals surface area contributed by atoms with Crippen LogP contribution >= 0.6 is 0 Å². The number of fused-ring (bicyclic) bond motifs is 1. The van der Waals surface area contributed by atoms with Gasteiger partial charge in [-0.1, -0.05) is 30.3 Å². The number of aromatic nitrogens is 1. The Bertz CT molecular complexity index is 711. The number of ether oxygens (including phenoxy) is 1. The Morgan fingerprint density at radius 2 is 1.80 bits per heavy atom. The van der Waals surface area contributed by atoms with Crippen LogP contribution in [0.1, 0.15) is 5.56 Å². The van der Waals surface area contributed by atoms with E-state index in [1.165, 1.54) is 5.56 Å². The Hall–Kier alpha value is -2.55. The maximum atomic E-state index is 5.93. The number of nitrogen functional groups attached to an aromatic ring is 1. The zero-order chi connectivity index (χ0) is 13.8. The smallest absolute Gasteiger partial charge is 0.128 e. The van der Waals surface area contributed by atoms with Crippen LogP contribution < -0.4 is 10.5 Å². The van der Waals surface area contributed by atoms with Crippen molar-refractivity contribution in [3.05, 3.63) is 66.4 Å². The lowest BCUT2D eigenvalue weighted by molar-refractivity contribution is 0.326. The molecule has 0 saturated heterocycles. The Morgan fingerprint density at radius 1 is 0.950 bits per heavy atom. The molecule has 0 unspecified atom stereocenters. The molecule has 0 amide bonds. The standard InChI is InChI=1S/C17H16N2O/c18-15-8-9-16(14-7-4-11-19-17(14)15)20-12-10-13-5-2-1-3-6-13/h1-9,11H,10,12,18H2. The molecule has 100 valence electrons. The number of rotatable bonds is 4. The van der Waals surface area contributed by atoms with Crippen LogP contribution in [-0.4, -0.2) is 11.6 Å². The van der Waals surface area contributed by atoms with Crippen LogP contribution in [0.5, 0.6) is 5.75 Å². The van der Waals surface area contributed by atoms with Crippen molar-refractivity contribution in [1.82, 2.24) is 4.98 Å². The molecule has 0 radical (unpaired) electrons. The Kier molecular flexibility index (Phi) is 3.50. The van der Waals surface area contributed by atoms with E-state index in [-0.39, 0.29) is 0 Å². The van der Waals surface area contributed by atoms with Crippen LogP contribution in [0.15, 0.2) is 60.8 Å². The van der Waals surface area contributed by atoms with E-state index in [1.54, 1.807) is 6.20 Å². The van der Waals surface area contributed by atoms with E-state index in [0.717, 1.165) is 23.1 Å². The first kappa shape index (κ1) is 12.5. The van der Waals surface area contributed by atoms with Gasteiger partial charge in [-0.2, -0.15) is 0 Å². The van der Waals surface area contributed by atoms with Gasteiger partial charge in [0.1, 0.15) is 5.75 Å². The summed E-state index contributed by atoms with van der Waals surface area (Å²) in [5.74, 6) is 0.832. The molecule has 0 saturated carbocycles. The van der Waals surface area contributed by atoms with Crippen molar-refractivity contribution in [2.45, 2.75) is 6.42 Å². The number of hydrogen-bond donors (Lipinski definition) is 1. The molecule has 0 spiro atoms. The summed E-state index contributed by atoms with van der Waals surface area (Å²) in [6.45, 7) is 0.637. The summed E-state index contributed by atoms with van der Waals surface area (Å²) in [7, 11) is 0. The molecule has 0 fully saturated rings. The number of anilines is 1. The molecule has 0 atom stereocenters. The zero-order valence-corrected chi connectivity index (χ0v) is 11.1. The maximum absolute atomic E-state index is 5.93. The highest BCUT2D eigenvalue weighted by molar-refractivity contribution is 5.93. The third-order valence-electron chi connectivity index (χ3n) is 3.25. The Labute approximate surface area is 118 Å². The normalized spacial score (nSPS) is 10.6. The molecule has 3 heteroatoms. The van der Waals surface area contributed by atoms with Gasteiger partial charge in [-0.3, -0.25) is 4.98 Å². The maximum Gasteiger partial charge on any atom is 0.128 e. The van der Waals surface area contributed by atoms with Crippen LogP contribution in [0.2, 0.25) is 0 Å². The first-order valence-corrected chi connectivity index (χ1v) is 6.64. The number of benzene rings is 2. The fourth-order valence-corrected chi connectivity index (χ4v) is 2.22. The highest BCUT2D eigenvalue weighted by Gasteiger charge is 2.05. The van der Waals surface area contributed by atoms with Crippen LogP contribution in [-0.2, 0) is 6.42 Å². The monoisotopic (exact) mass is 264 g/mol. The van der Waals surface area contributed by atoms with Gasteiger partial charge >= 0.3 is 0 Å². The minimum absolute atomic E-state index is 0.637. The lowest BCUT2D eigenvalue weighted by atomic mass is 10.1. The van der Waals surface area contributed by atoms with Gasteiger partial charge in [0, 0.05) is 18.0 Å². The summed E-state index contributed by atoms with van der Waals surface area (Å²) in [5.41, 5.74) is 8.67. The molecule has 20 heavy (non-hydrogen) atoms. The first-order valence-electron chi connectivity index (χ1n) is 6.64. The summed E-state index contributed by atoms with van der Waals surface area (Å²) < 4.78 is 5.88. The van der Waals surface area contributed by atoms with Gasteiger partial charge in [0.05, 0.1) is 17.8 Å². The molecule has 0 aliphatic rings. The molecule has 0 bridgehead atoms. The second-order valence-corrected chi connectivity index (χ2v) is 4.64. The second-order valence-electron chi connectivity index (χ2n) is 4.64. The minimum atomic E-state index is 0.637. The number of nitrogens with zero attached hydrogens (tertiary/aromatic N) is 1. The highest BCUT2D eigenvalue weighted by atomic mass is 16.5. The van der Waals surface area contributed by atoms with Gasteiger partial charge in [0.15, 0.2) is 0 Å².